The van der Waals surface area contributed by atoms with Crippen LogP contribution in [-0.4, -0.2) is 37.9 Å². The summed E-state index contributed by atoms with van der Waals surface area (Å²) in [7, 11) is -2.15. The minimum Gasteiger partial charge on any atom is -1.00 e. The van der Waals surface area contributed by atoms with Gasteiger partial charge in [-0.25, -0.2) is 0 Å². The van der Waals surface area contributed by atoms with E-state index in [-0.39, 0.29) is 17.0 Å². The Labute approximate surface area is 321 Å². The molecule has 0 saturated heterocycles. The third kappa shape index (κ3) is 12.4. The molecule has 0 atom stereocenters. The molecule has 6 rings (SSSR count). The van der Waals surface area contributed by atoms with Crippen molar-refractivity contribution < 1.29 is 26.5 Å². The van der Waals surface area contributed by atoms with Gasteiger partial charge < -0.3 is 26.5 Å². The van der Waals surface area contributed by atoms with E-state index in [2.05, 4.69) is 205 Å². The van der Waals surface area contributed by atoms with E-state index in [1.807, 2.05) is 6.92 Å². The topological polar surface area (TPSA) is 18.5 Å². The second-order valence-corrected chi connectivity index (χ2v) is 17.6. The Kier molecular flexibility index (Phi) is 20.1. The molecule has 0 aliphatic carbocycles. The predicted molar refractivity (Wildman–Crippen MR) is 222 cm³/mol. The minimum atomic E-state index is -1.71. The van der Waals surface area contributed by atoms with Gasteiger partial charge in [-0.15, -0.1) is 0 Å². The largest absolute Gasteiger partial charge is 1.00 e. The minimum absolute atomic E-state index is 0. The highest BCUT2D eigenvalue weighted by molar-refractivity contribution is 9.09. The molecular weight excluding hydrogens is 782 g/mol. The molecule has 6 heteroatoms. The fraction of sp³-hybridized carbons (Fsp3) is 0.182. The van der Waals surface area contributed by atoms with E-state index in [1.54, 1.807) is 0 Å². The summed E-state index contributed by atoms with van der Waals surface area (Å²) in [6.45, 7) is 7.25. The van der Waals surface area contributed by atoms with Gasteiger partial charge in [-0.05, 0) is 74.1 Å². The van der Waals surface area contributed by atoms with Crippen molar-refractivity contribution >= 4 is 62.9 Å². The summed E-state index contributed by atoms with van der Waals surface area (Å²) < 4.78 is 10.7. The maximum Gasteiger partial charge on any atom is 0.114 e. The van der Waals surface area contributed by atoms with Crippen molar-refractivity contribution in [2.24, 2.45) is 0 Å². The average Bonchev–Trinajstić information content (AvgIpc) is 3.19. The van der Waals surface area contributed by atoms with E-state index >= 15 is 0 Å². The standard InChI is InChI=1S/C22H24OP.C18H15P.C4H9BrO.BrH/c1-2-23-18-19-24(20-12-6-3-7-13-20,21-14-8-4-9-15-21)22-16-10-5-11-17-22;1-4-10-16(11-5-1)19(17-12-6-2-7-13-17)18-14-8-3-9-15-18;1-2-6-4-3-5;/h3-17H,2,18-19H2,1H3;1-15H;2-4H2,1H3;1H/q+1;;;/p-1. The highest BCUT2D eigenvalue weighted by atomic mass is 79.9. The zero-order valence-electron chi connectivity index (χ0n) is 29.0. The van der Waals surface area contributed by atoms with Gasteiger partial charge in [-0.2, -0.15) is 0 Å². The van der Waals surface area contributed by atoms with Gasteiger partial charge in [0, 0.05) is 18.5 Å². The second-order valence-electron chi connectivity index (χ2n) is 11.0. The Bertz CT molecular complexity index is 1490. The van der Waals surface area contributed by atoms with Crippen LogP contribution in [-0.2, 0) is 9.47 Å². The molecule has 6 aromatic rings. The van der Waals surface area contributed by atoms with Crippen LogP contribution in [0, 0.1) is 0 Å². The van der Waals surface area contributed by atoms with Crippen LogP contribution in [0.15, 0.2) is 182 Å². The van der Waals surface area contributed by atoms with E-state index in [4.69, 9.17) is 9.47 Å². The first kappa shape index (κ1) is 41.5. The fourth-order valence-corrected chi connectivity index (χ4v) is 12.3. The number of benzene rings is 6. The Morgan fingerprint density at radius 2 is 0.720 bits per heavy atom. The SMILES string of the molecule is CCOCCBr.CCOCC[P+](c1ccccc1)(c1ccccc1)c1ccccc1.[Br-].c1ccc(P(c2ccccc2)c2ccccc2)cc1. The van der Waals surface area contributed by atoms with Crippen molar-refractivity contribution in [2.45, 2.75) is 13.8 Å². The van der Waals surface area contributed by atoms with Crippen molar-refractivity contribution in [1.29, 1.82) is 0 Å². The van der Waals surface area contributed by atoms with E-state index < -0.39 is 15.2 Å². The molecule has 260 valence electrons. The molecule has 50 heavy (non-hydrogen) atoms. The lowest BCUT2D eigenvalue weighted by Gasteiger charge is -2.27. The zero-order chi connectivity index (χ0) is 34.4. The van der Waals surface area contributed by atoms with E-state index in [9.17, 15) is 0 Å². The summed E-state index contributed by atoms with van der Waals surface area (Å²) >= 11 is 3.23. The molecule has 2 nitrogen and oxygen atoms in total. The molecule has 0 aliphatic rings. The molecule has 0 radical (unpaired) electrons. The molecule has 0 heterocycles. The van der Waals surface area contributed by atoms with E-state index in [0.29, 0.717) is 0 Å². The van der Waals surface area contributed by atoms with Gasteiger partial charge >= 0.3 is 0 Å². The van der Waals surface area contributed by atoms with Crippen molar-refractivity contribution in [2.75, 3.05) is 37.9 Å². The van der Waals surface area contributed by atoms with Crippen LogP contribution in [0.2, 0.25) is 0 Å². The summed E-state index contributed by atoms with van der Waals surface area (Å²) in [6, 6.07) is 65.2. The molecule has 6 aromatic carbocycles. The van der Waals surface area contributed by atoms with Gasteiger partial charge in [0.05, 0.1) is 19.4 Å². The molecule has 0 aliphatic heterocycles. The van der Waals surface area contributed by atoms with E-state index in [1.165, 1.54) is 31.8 Å². The fourth-order valence-electron chi connectivity index (χ4n) is 5.61. The first-order valence-electron chi connectivity index (χ1n) is 17.0. The predicted octanol–water partition coefficient (Wildman–Crippen LogP) is 5.88. The van der Waals surface area contributed by atoms with Gasteiger partial charge in [0.25, 0.3) is 0 Å². The lowest BCUT2D eigenvalue weighted by atomic mass is 10.4. The van der Waals surface area contributed by atoms with Gasteiger partial charge in [-0.3, -0.25) is 0 Å². The number of halogens is 2. The molecular formula is C44H48Br2O2P2. The molecule has 0 amide bonds. The average molecular weight is 831 g/mol. The van der Waals surface area contributed by atoms with Crippen LogP contribution in [0.1, 0.15) is 13.8 Å². The van der Waals surface area contributed by atoms with Crippen LogP contribution in [0.25, 0.3) is 0 Å². The van der Waals surface area contributed by atoms with Gasteiger partial charge in [0.2, 0.25) is 0 Å². The van der Waals surface area contributed by atoms with Crippen LogP contribution < -0.4 is 48.8 Å². The lowest BCUT2D eigenvalue weighted by molar-refractivity contribution is -0.0000111. The number of hydrogen-bond acceptors (Lipinski definition) is 2. The van der Waals surface area contributed by atoms with Crippen molar-refractivity contribution in [3.8, 4) is 0 Å². The molecule has 0 fully saturated rings. The van der Waals surface area contributed by atoms with Crippen LogP contribution in [0.5, 0.6) is 0 Å². The first-order chi connectivity index (χ1) is 24.2. The van der Waals surface area contributed by atoms with E-state index in [0.717, 1.165) is 37.9 Å². The summed E-state index contributed by atoms with van der Waals surface area (Å²) in [4.78, 5) is 0. The molecule has 0 unspecified atom stereocenters. The molecule has 0 aromatic heterocycles. The first-order valence-corrected chi connectivity index (χ1v) is 21.4. The second kappa shape index (κ2) is 24.3. The van der Waals surface area contributed by atoms with Crippen LogP contribution in [0.3, 0.4) is 0 Å². The Balaban J connectivity index is 0.000000233. The Morgan fingerprint density at radius 3 is 0.980 bits per heavy atom. The summed E-state index contributed by atoms with van der Waals surface area (Å²) in [6.07, 6.45) is 1.03. The number of hydrogen-bond donors (Lipinski definition) is 0. The van der Waals surface area contributed by atoms with Gasteiger partial charge in [0.1, 0.15) is 23.2 Å². The van der Waals surface area contributed by atoms with Crippen LogP contribution in [0.4, 0.5) is 0 Å². The zero-order valence-corrected chi connectivity index (χ0v) is 34.0. The third-order valence-electron chi connectivity index (χ3n) is 7.83. The highest BCUT2D eigenvalue weighted by Gasteiger charge is 2.44. The monoisotopic (exact) mass is 828 g/mol. The van der Waals surface area contributed by atoms with Crippen molar-refractivity contribution in [1.82, 2.24) is 0 Å². The normalized spacial score (nSPS) is 10.6. The lowest BCUT2D eigenvalue weighted by Crippen LogP contribution is -3.00. The Morgan fingerprint density at radius 1 is 0.440 bits per heavy atom. The van der Waals surface area contributed by atoms with Crippen molar-refractivity contribution in [3.63, 3.8) is 0 Å². The smallest absolute Gasteiger partial charge is 0.114 e. The molecule has 0 N–H and O–H groups in total. The van der Waals surface area contributed by atoms with Crippen molar-refractivity contribution in [3.05, 3.63) is 182 Å². The summed E-state index contributed by atoms with van der Waals surface area (Å²) in [5.41, 5.74) is 0. The number of ether oxygens (including phenoxy) is 2. The maximum atomic E-state index is 5.78. The third-order valence-corrected chi connectivity index (χ3v) is 15.0. The maximum absolute atomic E-state index is 5.78. The number of rotatable bonds is 13. The van der Waals surface area contributed by atoms with Gasteiger partial charge in [-0.1, -0.05) is 162 Å². The molecule has 0 spiro atoms. The highest BCUT2D eigenvalue weighted by Crippen LogP contribution is 2.54. The molecule has 0 saturated carbocycles. The quantitative estimate of drug-likeness (QED) is 0.0824. The Hall–Kier alpha value is -2.94. The molecule has 0 bridgehead atoms. The van der Waals surface area contributed by atoms with Gasteiger partial charge in [0.15, 0.2) is 0 Å². The summed E-state index contributed by atoms with van der Waals surface area (Å²) in [5.74, 6) is 0. The summed E-state index contributed by atoms with van der Waals surface area (Å²) in [5, 5.41) is 9.40. The number of alkyl halides is 1. The van der Waals surface area contributed by atoms with Crippen LogP contribution >= 0.6 is 31.1 Å².